The Morgan fingerprint density at radius 2 is 2.29 bits per heavy atom. The van der Waals surface area contributed by atoms with Crippen LogP contribution in [0.4, 0.5) is 5.69 Å². The van der Waals surface area contributed by atoms with Crippen LogP contribution < -0.4 is 5.32 Å². The molecule has 1 aromatic carbocycles. The minimum atomic E-state index is 0.674. The van der Waals surface area contributed by atoms with E-state index in [1.807, 2.05) is 23.5 Å². The van der Waals surface area contributed by atoms with Crippen molar-refractivity contribution in [3.05, 3.63) is 24.3 Å². The van der Waals surface area contributed by atoms with Crippen molar-refractivity contribution >= 4 is 29.2 Å². The molecule has 1 saturated heterocycles. The molecular weight excluding hydrogens is 210 g/mol. The normalized spacial score (nSPS) is 21.1. The lowest BCUT2D eigenvalue weighted by atomic mass is 10.2. The van der Waals surface area contributed by atoms with Crippen molar-refractivity contribution < 1.29 is 0 Å². The van der Waals surface area contributed by atoms with Crippen LogP contribution in [0.3, 0.4) is 0 Å². The molecule has 0 amide bonds. The van der Waals surface area contributed by atoms with Gasteiger partial charge in [-0.15, -0.1) is 11.8 Å². The molecule has 1 fully saturated rings. The fraction of sp³-hybridized carbons (Fsp3) is 0.455. The summed E-state index contributed by atoms with van der Waals surface area (Å²) in [6.07, 6.45) is 3.43. The Labute approximate surface area is 94.0 Å². The SMILES string of the molecule is CSc1ccccc1N[C@H]1CCSC1. The average Bonchev–Trinajstić information content (AvgIpc) is 2.71. The molecule has 0 saturated carbocycles. The van der Waals surface area contributed by atoms with Gasteiger partial charge in [0, 0.05) is 22.4 Å². The van der Waals surface area contributed by atoms with Gasteiger partial charge >= 0.3 is 0 Å². The highest BCUT2D eigenvalue weighted by Crippen LogP contribution is 2.28. The molecule has 3 heteroatoms. The van der Waals surface area contributed by atoms with Gasteiger partial charge in [0.25, 0.3) is 0 Å². The molecule has 1 nitrogen and oxygen atoms in total. The first-order valence-corrected chi connectivity index (χ1v) is 7.25. The minimum absolute atomic E-state index is 0.674. The Morgan fingerprint density at radius 1 is 1.43 bits per heavy atom. The molecule has 0 aliphatic carbocycles. The van der Waals surface area contributed by atoms with E-state index in [9.17, 15) is 0 Å². The summed E-state index contributed by atoms with van der Waals surface area (Å²) in [5.41, 5.74) is 1.30. The first-order chi connectivity index (χ1) is 6.90. The zero-order valence-corrected chi connectivity index (χ0v) is 9.96. The maximum atomic E-state index is 3.62. The summed E-state index contributed by atoms with van der Waals surface area (Å²) < 4.78 is 0. The number of rotatable bonds is 3. The van der Waals surface area contributed by atoms with Crippen molar-refractivity contribution in [1.29, 1.82) is 0 Å². The van der Waals surface area contributed by atoms with Crippen molar-refractivity contribution in [2.45, 2.75) is 17.4 Å². The second kappa shape index (κ2) is 4.99. The van der Waals surface area contributed by atoms with E-state index in [1.54, 1.807) is 0 Å². The molecule has 1 N–H and O–H groups in total. The van der Waals surface area contributed by atoms with Gasteiger partial charge in [-0.3, -0.25) is 0 Å². The maximum absolute atomic E-state index is 3.62. The first kappa shape index (κ1) is 10.2. The highest BCUT2D eigenvalue weighted by atomic mass is 32.2. The summed E-state index contributed by atoms with van der Waals surface area (Å²) in [5, 5.41) is 3.62. The summed E-state index contributed by atoms with van der Waals surface area (Å²) in [4.78, 5) is 1.35. The van der Waals surface area contributed by atoms with Crippen LogP contribution in [0, 0.1) is 0 Å². The van der Waals surface area contributed by atoms with Crippen molar-refractivity contribution in [2.24, 2.45) is 0 Å². The molecule has 1 heterocycles. The number of hydrogen-bond acceptors (Lipinski definition) is 3. The molecule has 0 radical (unpaired) electrons. The van der Waals surface area contributed by atoms with Crippen molar-refractivity contribution in [3.8, 4) is 0 Å². The summed E-state index contributed by atoms with van der Waals surface area (Å²) in [6.45, 7) is 0. The molecule has 14 heavy (non-hydrogen) atoms. The van der Waals surface area contributed by atoms with Gasteiger partial charge in [-0.25, -0.2) is 0 Å². The van der Waals surface area contributed by atoms with Crippen molar-refractivity contribution in [3.63, 3.8) is 0 Å². The molecule has 0 aromatic heterocycles. The third-order valence-corrected chi connectivity index (χ3v) is 4.35. The van der Waals surface area contributed by atoms with E-state index in [-0.39, 0.29) is 0 Å². The molecule has 76 valence electrons. The summed E-state index contributed by atoms with van der Waals surface area (Å²) in [5.74, 6) is 2.56. The van der Waals surface area contributed by atoms with E-state index in [0.717, 1.165) is 0 Å². The number of thioether (sulfide) groups is 2. The number of hydrogen-bond donors (Lipinski definition) is 1. The van der Waals surface area contributed by atoms with Crippen LogP contribution in [0.15, 0.2) is 29.2 Å². The number of para-hydroxylation sites is 1. The molecule has 0 bridgehead atoms. The fourth-order valence-corrected chi connectivity index (χ4v) is 3.35. The Morgan fingerprint density at radius 3 is 3.00 bits per heavy atom. The summed E-state index contributed by atoms with van der Waals surface area (Å²) >= 11 is 3.86. The lowest BCUT2D eigenvalue weighted by Gasteiger charge is -2.15. The monoisotopic (exact) mass is 225 g/mol. The standard InChI is InChI=1S/C11H15NS2/c1-13-11-5-3-2-4-10(11)12-9-6-7-14-8-9/h2-5,9,12H,6-8H2,1H3/t9-/m0/s1. The quantitative estimate of drug-likeness (QED) is 0.793. The molecule has 1 aliphatic rings. The second-order valence-corrected chi connectivity index (χ2v) is 5.40. The van der Waals surface area contributed by atoms with Crippen LogP contribution >= 0.6 is 23.5 Å². The van der Waals surface area contributed by atoms with Crippen molar-refractivity contribution in [2.75, 3.05) is 23.1 Å². The van der Waals surface area contributed by atoms with Gasteiger partial charge in [-0.05, 0) is 30.6 Å². The van der Waals surface area contributed by atoms with Gasteiger partial charge in [-0.1, -0.05) is 12.1 Å². The molecule has 0 spiro atoms. The van der Waals surface area contributed by atoms with Crippen molar-refractivity contribution in [1.82, 2.24) is 0 Å². The smallest absolute Gasteiger partial charge is 0.0480 e. The second-order valence-electron chi connectivity index (χ2n) is 3.41. The lowest BCUT2D eigenvalue weighted by molar-refractivity contribution is 0.810. The van der Waals surface area contributed by atoms with E-state index >= 15 is 0 Å². The predicted octanol–water partition coefficient (Wildman–Crippen LogP) is 3.33. The highest BCUT2D eigenvalue weighted by Gasteiger charge is 2.15. The number of benzene rings is 1. The topological polar surface area (TPSA) is 12.0 Å². The van der Waals surface area contributed by atoms with Gasteiger partial charge in [0.15, 0.2) is 0 Å². The largest absolute Gasteiger partial charge is 0.381 e. The average molecular weight is 225 g/mol. The first-order valence-electron chi connectivity index (χ1n) is 4.87. The third kappa shape index (κ3) is 2.39. The molecule has 2 rings (SSSR count). The highest BCUT2D eigenvalue weighted by molar-refractivity contribution is 7.99. The lowest BCUT2D eigenvalue weighted by Crippen LogP contribution is -2.18. The van der Waals surface area contributed by atoms with Crippen LogP contribution in [0.2, 0.25) is 0 Å². The molecule has 1 aliphatic heterocycles. The Kier molecular flexibility index (Phi) is 3.65. The van der Waals surface area contributed by atoms with Gasteiger partial charge < -0.3 is 5.32 Å². The van der Waals surface area contributed by atoms with Gasteiger partial charge in [0.05, 0.1) is 0 Å². The van der Waals surface area contributed by atoms with Gasteiger partial charge in [0.2, 0.25) is 0 Å². The van der Waals surface area contributed by atoms with Gasteiger partial charge in [-0.2, -0.15) is 11.8 Å². The number of nitrogens with one attached hydrogen (secondary N) is 1. The Hall–Kier alpha value is -0.280. The van der Waals surface area contributed by atoms with Crippen LogP contribution in [0.25, 0.3) is 0 Å². The minimum Gasteiger partial charge on any atom is -0.381 e. The van der Waals surface area contributed by atoms with Crippen LogP contribution in [-0.2, 0) is 0 Å². The van der Waals surface area contributed by atoms with Crippen LogP contribution in [-0.4, -0.2) is 23.8 Å². The summed E-state index contributed by atoms with van der Waals surface area (Å²) in [7, 11) is 0. The zero-order valence-electron chi connectivity index (χ0n) is 8.32. The molecule has 0 unspecified atom stereocenters. The Balaban J connectivity index is 2.07. The molecule has 1 aromatic rings. The van der Waals surface area contributed by atoms with E-state index in [4.69, 9.17) is 0 Å². The molecular formula is C11H15NS2. The summed E-state index contributed by atoms with van der Waals surface area (Å²) in [6, 6.07) is 9.22. The predicted molar refractivity (Wildman–Crippen MR) is 67.6 cm³/mol. The zero-order chi connectivity index (χ0) is 9.80. The molecule has 1 atom stereocenters. The van der Waals surface area contributed by atoms with Gasteiger partial charge in [0.1, 0.15) is 0 Å². The maximum Gasteiger partial charge on any atom is 0.0480 e. The Bertz CT molecular complexity index is 295. The van der Waals surface area contributed by atoms with E-state index < -0.39 is 0 Å². The number of anilines is 1. The third-order valence-electron chi connectivity index (χ3n) is 2.40. The van der Waals surface area contributed by atoms with Crippen LogP contribution in [0.1, 0.15) is 6.42 Å². The van der Waals surface area contributed by atoms with E-state index in [2.05, 4.69) is 35.8 Å². The van der Waals surface area contributed by atoms with E-state index in [1.165, 1.54) is 28.5 Å². The fourth-order valence-electron chi connectivity index (χ4n) is 1.63. The van der Waals surface area contributed by atoms with Crippen LogP contribution in [0.5, 0.6) is 0 Å². The van der Waals surface area contributed by atoms with E-state index in [0.29, 0.717) is 6.04 Å².